The lowest BCUT2D eigenvalue weighted by molar-refractivity contribution is 0.401. The van der Waals surface area contributed by atoms with Crippen LogP contribution in [0.4, 0.5) is 0 Å². The summed E-state index contributed by atoms with van der Waals surface area (Å²) in [5.74, 6) is 0. The zero-order valence-electron chi connectivity index (χ0n) is 12.6. The van der Waals surface area contributed by atoms with Crippen LogP contribution in [0.1, 0.15) is 91.4 Å². The lowest BCUT2D eigenvalue weighted by atomic mass is 9.95. The number of hydrogen-bond acceptors (Lipinski definition) is 1. The van der Waals surface area contributed by atoms with Gasteiger partial charge in [-0.1, -0.05) is 58.8 Å². The minimum atomic E-state index is -2.04. The Labute approximate surface area is 114 Å². The highest BCUT2D eigenvalue weighted by Gasteiger charge is 2.42. The zero-order valence-corrected chi connectivity index (χ0v) is 13.5. The third kappa shape index (κ3) is 8.21. The first-order chi connectivity index (χ1) is 8.56. The van der Waals surface area contributed by atoms with E-state index in [2.05, 4.69) is 13.8 Å². The van der Waals surface area contributed by atoms with Crippen LogP contribution in [-0.4, -0.2) is 10.0 Å². The van der Waals surface area contributed by atoms with E-state index >= 15 is 0 Å². The molecule has 0 aromatic rings. The highest BCUT2D eigenvalue weighted by molar-refractivity contribution is 7.40. The molecule has 0 rings (SSSR count). The molecule has 3 heteroatoms. The Balaban J connectivity index is 3.90. The fraction of sp³-hybridized carbons (Fsp3) is 1.00. The van der Waals surface area contributed by atoms with E-state index in [-0.39, 0.29) is 5.16 Å². The quantitative estimate of drug-likeness (QED) is 0.360. The topological polar surface area (TPSA) is 37.3 Å². The molecule has 0 aromatic carbocycles. The van der Waals surface area contributed by atoms with E-state index in [0.29, 0.717) is 0 Å². The Hall–Kier alpha value is 0.0600. The fourth-order valence-electron chi connectivity index (χ4n) is 2.36. The Morgan fingerprint density at radius 2 is 1.22 bits per heavy atom. The second-order valence-electron chi connectivity index (χ2n) is 5.74. The third-order valence-electron chi connectivity index (χ3n) is 3.85. The average molecular weight is 275 g/mol. The van der Waals surface area contributed by atoms with Gasteiger partial charge in [-0.05, 0) is 37.2 Å². The molecule has 0 amide bonds. The molecule has 0 aliphatic heterocycles. The maximum atomic E-state index is 11.6. The molecule has 18 heavy (non-hydrogen) atoms. The summed E-state index contributed by atoms with van der Waals surface area (Å²) in [6, 6.07) is 0. The summed E-state index contributed by atoms with van der Waals surface area (Å²) in [4.78, 5) is 9.54. The van der Waals surface area contributed by atoms with Gasteiger partial charge in [-0.2, -0.15) is 4.89 Å². The first-order valence-electron chi connectivity index (χ1n) is 7.73. The van der Waals surface area contributed by atoms with Gasteiger partial charge in [0.25, 0.3) is 0 Å². The first kappa shape index (κ1) is 18.1. The van der Waals surface area contributed by atoms with E-state index in [1.807, 2.05) is 6.92 Å². The van der Waals surface area contributed by atoms with Crippen molar-refractivity contribution >= 4 is 8.03 Å². The minimum Gasteiger partial charge on any atom is -0.160 e. The van der Waals surface area contributed by atoms with E-state index in [9.17, 15) is 9.46 Å². The largest absolute Gasteiger partial charge is 0.511 e. The second-order valence-corrected chi connectivity index (χ2v) is 7.37. The molecule has 0 aliphatic rings. The zero-order chi connectivity index (χ0) is 13.9. The number of rotatable bonds is 12. The normalized spacial score (nSPS) is 15.4. The van der Waals surface area contributed by atoms with Crippen LogP contribution >= 0.6 is 8.03 Å². The molecular formula is C15H32O2P+. The molecule has 0 aromatic heterocycles. The summed E-state index contributed by atoms with van der Waals surface area (Å²) >= 11 is 0. The van der Waals surface area contributed by atoms with Crippen LogP contribution in [0.2, 0.25) is 0 Å². The van der Waals surface area contributed by atoms with Crippen molar-refractivity contribution in [1.29, 1.82) is 0 Å². The van der Waals surface area contributed by atoms with Crippen LogP contribution < -0.4 is 0 Å². The Bertz CT molecular complexity index is 219. The molecule has 2 unspecified atom stereocenters. The third-order valence-corrected chi connectivity index (χ3v) is 5.22. The average Bonchev–Trinajstić information content (AvgIpc) is 2.34. The SMILES string of the molecule is CCCCCCCC(C)(CCCCCC)[P+](=O)O. The van der Waals surface area contributed by atoms with Crippen LogP contribution in [0, 0.1) is 0 Å². The van der Waals surface area contributed by atoms with Gasteiger partial charge >= 0.3 is 8.03 Å². The van der Waals surface area contributed by atoms with Crippen molar-refractivity contribution in [2.24, 2.45) is 0 Å². The van der Waals surface area contributed by atoms with Gasteiger partial charge in [-0.3, -0.25) is 0 Å². The highest BCUT2D eigenvalue weighted by Crippen LogP contribution is 2.43. The first-order valence-corrected chi connectivity index (χ1v) is 8.94. The van der Waals surface area contributed by atoms with Crippen molar-refractivity contribution in [1.82, 2.24) is 0 Å². The van der Waals surface area contributed by atoms with Gasteiger partial charge in [-0.15, -0.1) is 0 Å². The predicted octanol–water partition coefficient (Wildman–Crippen LogP) is 5.81. The second kappa shape index (κ2) is 10.9. The molecule has 0 spiro atoms. The van der Waals surface area contributed by atoms with Crippen LogP contribution in [0.15, 0.2) is 0 Å². The molecule has 0 bridgehead atoms. The fourth-order valence-corrected chi connectivity index (χ4v) is 3.06. The summed E-state index contributed by atoms with van der Waals surface area (Å²) in [7, 11) is -2.04. The van der Waals surface area contributed by atoms with Gasteiger partial charge in [-0.25, -0.2) is 0 Å². The summed E-state index contributed by atoms with van der Waals surface area (Å²) in [5, 5.41) is -0.338. The van der Waals surface area contributed by atoms with Gasteiger partial charge in [0.05, 0.1) is 0 Å². The van der Waals surface area contributed by atoms with E-state index in [4.69, 9.17) is 0 Å². The molecule has 0 radical (unpaired) electrons. The van der Waals surface area contributed by atoms with Crippen molar-refractivity contribution in [3.8, 4) is 0 Å². The lowest BCUT2D eigenvalue weighted by Gasteiger charge is -2.16. The smallest absolute Gasteiger partial charge is 0.160 e. The van der Waals surface area contributed by atoms with Crippen molar-refractivity contribution in [3.05, 3.63) is 0 Å². The van der Waals surface area contributed by atoms with Crippen LogP contribution in [-0.2, 0) is 4.57 Å². The van der Waals surface area contributed by atoms with E-state index in [0.717, 1.165) is 25.7 Å². The van der Waals surface area contributed by atoms with Crippen LogP contribution in [0.25, 0.3) is 0 Å². The van der Waals surface area contributed by atoms with E-state index < -0.39 is 8.03 Å². The predicted molar refractivity (Wildman–Crippen MR) is 80.4 cm³/mol. The van der Waals surface area contributed by atoms with Gasteiger partial charge in [0.1, 0.15) is 0 Å². The van der Waals surface area contributed by atoms with E-state index in [1.54, 1.807) is 0 Å². The Morgan fingerprint density at radius 3 is 1.61 bits per heavy atom. The molecule has 0 saturated carbocycles. The van der Waals surface area contributed by atoms with Crippen LogP contribution in [0.3, 0.4) is 0 Å². The van der Waals surface area contributed by atoms with Crippen molar-refractivity contribution < 1.29 is 9.46 Å². The maximum absolute atomic E-state index is 11.6. The summed E-state index contributed by atoms with van der Waals surface area (Å²) in [6.45, 7) is 6.40. The summed E-state index contributed by atoms with van der Waals surface area (Å²) in [5.41, 5.74) is 0. The maximum Gasteiger partial charge on any atom is 0.511 e. The summed E-state index contributed by atoms with van der Waals surface area (Å²) < 4.78 is 11.6. The number of unbranched alkanes of at least 4 members (excludes halogenated alkanes) is 7. The summed E-state index contributed by atoms with van der Waals surface area (Å²) in [6.07, 6.45) is 12.7. The standard InChI is InChI=1S/C15H31O2P/c1-4-6-8-10-12-14-15(3,18(16)17)13-11-9-7-5-2/h4-14H2,1-3H3/p+1. The Kier molecular flexibility index (Phi) is 11.0. The van der Waals surface area contributed by atoms with E-state index in [1.165, 1.54) is 44.9 Å². The molecule has 108 valence electrons. The monoisotopic (exact) mass is 275 g/mol. The van der Waals surface area contributed by atoms with Gasteiger partial charge < -0.3 is 0 Å². The van der Waals surface area contributed by atoms with Gasteiger partial charge in [0, 0.05) is 0 Å². The van der Waals surface area contributed by atoms with Crippen LogP contribution in [0.5, 0.6) is 0 Å². The molecule has 0 aliphatic carbocycles. The highest BCUT2D eigenvalue weighted by atomic mass is 31.1. The molecule has 0 heterocycles. The minimum absolute atomic E-state index is 0.338. The molecule has 1 N–H and O–H groups in total. The van der Waals surface area contributed by atoms with Gasteiger partial charge in [0.2, 0.25) is 0 Å². The van der Waals surface area contributed by atoms with Crippen molar-refractivity contribution in [2.75, 3.05) is 0 Å². The lowest BCUT2D eigenvalue weighted by Crippen LogP contribution is -2.19. The molecular weight excluding hydrogens is 243 g/mol. The molecule has 0 saturated heterocycles. The van der Waals surface area contributed by atoms with Crippen molar-refractivity contribution in [3.63, 3.8) is 0 Å². The van der Waals surface area contributed by atoms with Gasteiger partial charge in [0.15, 0.2) is 5.16 Å². The molecule has 2 nitrogen and oxygen atoms in total. The molecule has 2 atom stereocenters. The Morgan fingerprint density at radius 1 is 0.833 bits per heavy atom. The molecule has 0 fully saturated rings. The number of hydrogen-bond donors (Lipinski definition) is 1. The van der Waals surface area contributed by atoms with Crippen molar-refractivity contribution in [2.45, 2.75) is 96.6 Å².